The van der Waals surface area contributed by atoms with E-state index in [1.807, 2.05) is 54.0 Å². The molecule has 0 atom stereocenters. The van der Waals surface area contributed by atoms with E-state index in [0.29, 0.717) is 17.5 Å². The molecule has 0 radical (unpaired) electrons. The maximum atomic E-state index is 12.1. The van der Waals surface area contributed by atoms with Crippen LogP contribution < -0.4 is 10.6 Å². The molecule has 0 spiro atoms. The van der Waals surface area contributed by atoms with Crippen molar-refractivity contribution in [2.45, 2.75) is 18.5 Å². The van der Waals surface area contributed by atoms with Crippen molar-refractivity contribution in [3.8, 4) is 17.1 Å². The molecule has 0 aliphatic heterocycles. The quantitative estimate of drug-likeness (QED) is 0.524. The lowest BCUT2D eigenvalue weighted by molar-refractivity contribution is -0.124. The average Bonchev–Trinajstić information content (AvgIpc) is 3.20. The van der Waals surface area contributed by atoms with E-state index in [1.165, 1.54) is 11.8 Å². The Bertz CT molecular complexity index is 946. The summed E-state index contributed by atoms with van der Waals surface area (Å²) in [6, 6.07) is 13.4. The molecule has 0 aliphatic rings. The zero-order valence-corrected chi connectivity index (χ0v) is 16.9. The minimum atomic E-state index is -0.241. The van der Waals surface area contributed by atoms with Crippen LogP contribution in [0.4, 0.5) is 0 Å². The Hall–Kier alpha value is -3.20. The van der Waals surface area contributed by atoms with E-state index in [2.05, 4.69) is 25.8 Å². The number of pyridine rings is 1. The van der Waals surface area contributed by atoms with Gasteiger partial charge in [-0.3, -0.25) is 19.1 Å². The number of rotatable bonds is 9. The molecule has 1 aromatic carbocycles. The molecule has 0 saturated heterocycles. The van der Waals surface area contributed by atoms with Gasteiger partial charge in [0.05, 0.1) is 12.3 Å². The Morgan fingerprint density at radius 1 is 1.00 bits per heavy atom. The van der Waals surface area contributed by atoms with Gasteiger partial charge in [-0.25, -0.2) is 0 Å². The van der Waals surface area contributed by atoms with Gasteiger partial charge in [0.2, 0.25) is 11.8 Å². The van der Waals surface area contributed by atoms with Gasteiger partial charge in [-0.05, 0) is 30.7 Å². The van der Waals surface area contributed by atoms with Gasteiger partial charge in [-0.1, -0.05) is 36.9 Å². The standard InChI is InChI=1S/C20H22N6O2S/c1-2-10-22-17(27)13-23-18(28)14-29-20-25-24-19(15-8-11-21-12-9-15)26(20)16-6-4-3-5-7-16/h3-9,11-12H,2,10,13-14H2,1H3,(H,22,27)(H,23,28). The third-order valence-electron chi connectivity index (χ3n) is 3.94. The van der Waals surface area contributed by atoms with Gasteiger partial charge < -0.3 is 10.6 Å². The molecule has 9 heteroatoms. The van der Waals surface area contributed by atoms with Crippen molar-refractivity contribution in [3.63, 3.8) is 0 Å². The van der Waals surface area contributed by atoms with E-state index < -0.39 is 0 Å². The van der Waals surface area contributed by atoms with Crippen LogP contribution in [-0.4, -0.2) is 50.4 Å². The van der Waals surface area contributed by atoms with Gasteiger partial charge in [-0.2, -0.15) is 0 Å². The van der Waals surface area contributed by atoms with Gasteiger partial charge in [0.15, 0.2) is 11.0 Å². The fraction of sp³-hybridized carbons (Fsp3) is 0.250. The monoisotopic (exact) mass is 410 g/mol. The van der Waals surface area contributed by atoms with Crippen LogP contribution in [0.1, 0.15) is 13.3 Å². The lowest BCUT2D eigenvalue weighted by Crippen LogP contribution is -2.37. The maximum absolute atomic E-state index is 12.1. The first kappa shape index (κ1) is 20.5. The first-order valence-corrected chi connectivity index (χ1v) is 10.2. The van der Waals surface area contributed by atoms with E-state index in [0.717, 1.165) is 17.7 Å². The van der Waals surface area contributed by atoms with Crippen LogP contribution in [0, 0.1) is 0 Å². The molecule has 29 heavy (non-hydrogen) atoms. The van der Waals surface area contributed by atoms with Gasteiger partial charge in [0, 0.05) is 30.2 Å². The molecule has 2 aromatic heterocycles. The first-order valence-electron chi connectivity index (χ1n) is 9.26. The zero-order valence-electron chi connectivity index (χ0n) is 16.0. The van der Waals surface area contributed by atoms with Crippen LogP contribution in [0.3, 0.4) is 0 Å². The third kappa shape index (κ3) is 5.64. The van der Waals surface area contributed by atoms with Gasteiger partial charge in [-0.15, -0.1) is 10.2 Å². The first-order chi connectivity index (χ1) is 14.2. The highest BCUT2D eigenvalue weighted by Gasteiger charge is 2.17. The van der Waals surface area contributed by atoms with Crippen molar-refractivity contribution in [2.24, 2.45) is 0 Å². The molecular formula is C20H22N6O2S. The number of amides is 2. The summed E-state index contributed by atoms with van der Waals surface area (Å²) in [6.45, 7) is 2.53. The Morgan fingerprint density at radius 3 is 2.48 bits per heavy atom. The highest BCUT2D eigenvalue weighted by Crippen LogP contribution is 2.27. The van der Waals surface area contributed by atoms with Crippen molar-refractivity contribution in [1.29, 1.82) is 0 Å². The fourth-order valence-electron chi connectivity index (χ4n) is 2.55. The summed E-state index contributed by atoms with van der Waals surface area (Å²) in [5.41, 5.74) is 1.77. The molecule has 3 rings (SSSR count). The molecule has 0 unspecified atom stereocenters. The second-order valence-electron chi connectivity index (χ2n) is 6.13. The number of para-hydroxylation sites is 1. The molecule has 0 fully saturated rings. The van der Waals surface area contributed by atoms with E-state index in [9.17, 15) is 9.59 Å². The number of benzene rings is 1. The topological polar surface area (TPSA) is 102 Å². The largest absolute Gasteiger partial charge is 0.355 e. The highest BCUT2D eigenvalue weighted by molar-refractivity contribution is 7.99. The Labute approximate surface area is 173 Å². The normalized spacial score (nSPS) is 10.5. The molecule has 150 valence electrons. The Morgan fingerprint density at radius 2 is 1.76 bits per heavy atom. The van der Waals surface area contributed by atoms with E-state index in [-0.39, 0.29) is 24.1 Å². The van der Waals surface area contributed by atoms with Crippen LogP contribution in [0.2, 0.25) is 0 Å². The number of nitrogens with one attached hydrogen (secondary N) is 2. The van der Waals surface area contributed by atoms with Gasteiger partial charge >= 0.3 is 0 Å². The summed E-state index contributed by atoms with van der Waals surface area (Å²) >= 11 is 1.26. The average molecular weight is 411 g/mol. The van der Waals surface area contributed by atoms with E-state index in [4.69, 9.17) is 0 Å². The number of carbonyl (C=O) groups is 2. The summed E-state index contributed by atoms with van der Waals surface area (Å²) in [7, 11) is 0. The molecule has 8 nitrogen and oxygen atoms in total. The van der Waals surface area contributed by atoms with Gasteiger partial charge in [0.1, 0.15) is 0 Å². The highest BCUT2D eigenvalue weighted by atomic mass is 32.2. The van der Waals surface area contributed by atoms with Gasteiger partial charge in [0.25, 0.3) is 0 Å². The Balaban J connectivity index is 1.72. The van der Waals surface area contributed by atoms with Crippen LogP contribution in [0.25, 0.3) is 17.1 Å². The number of hydrogen-bond acceptors (Lipinski definition) is 6. The molecule has 0 bridgehead atoms. The minimum Gasteiger partial charge on any atom is -0.355 e. The molecule has 3 aromatic rings. The minimum absolute atomic E-state index is 0.0347. The van der Waals surface area contributed by atoms with Crippen LogP contribution >= 0.6 is 11.8 Å². The van der Waals surface area contributed by atoms with Crippen LogP contribution in [0.15, 0.2) is 60.0 Å². The smallest absolute Gasteiger partial charge is 0.239 e. The van der Waals surface area contributed by atoms with Crippen molar-refractivity contribution in [3.05, 3.63) is 54.9 Å². The lowest BCUT2D eigenvalue weighted by atomic mass is 10.2. The third-order valence-corrected chi connectivity index (χ3v) is 4.87. The second kappa shape index (κ2) is 10.4. The molecule has 2 amide bonds. The number of carbonyl (C=O) groups excluding carboxylic acids is 2. The second-order valence-corrected chi connectivity index (χ2v) is 7.07. The molecule has 2 N–H and O–H groups in total. The molecular weight excluding hydrogens is 388 g/mol. The van der Waals surface area contributed by atoms with Crippen molar-refractivity contribution in [2.75, 3.05) is 18.8 Å². The predicted octanol–water partition coefficient (Wildman–Crippen LogP) is 2.06. The number of aromatic nitrogens is 4. The maximum Gasteiger partial charge on any atom is 0.239 e. The zero-order chi connectivity index (χ0) is 20.5. The lowest BCUT2D eigenvalue weighted by Gasteiger charge is -2.10. The van der Waals surface area contributed by atoms with Crippen molar-refractivity contribution < 1.29 is 9.59 Å². The summed E-state index contributed by atoms with van der Waals surface area (Å²) in [6.07, 6.45) is 4.25. The van der Waals surface area contributed by atoms with E-state index >= 15 is 0 Å². The molecule has 0 saturated carbocycles. The summed E-state index contributed by atoms with van der Waals surface area (Å²) in [5.74, 6) is 0.357. The van der Waals surface area contributed by atoms with Crippen LogP contribution in [-0.2, 0) is 9.59 Å². The SMILES string of the molecule is CCCNC(=O)CNC(=O)CSc1nnc(-c2ccncc2)n1-c1ccccc1. The predicted molar refractivity (Wildman–Crippen MR) is 112 cm³/mol. The number of hydrogen-bond donors (Lipinski definition) is 2. The summed E-state index contributed by atoms with van der Waals surface area (Å²) < 4.78 is 1.90. The van der Waals surface area contributed by atoms with E-state index in [1.54, 1.807) is 12.4 Å². The number of nitrogens with zero attached hydrogens (tertiary/aromatic N) is 4. The molecule has 2 heterocycles. The van der Waals surface area contributed by atoms with Crippen molar-refractivity contribution in [1.82, 2.24) is 30.4 Å². The fourth-order valence-corrected chi connectivity index (χ4v) is 3.33. The number of thioether (sulfide) groups is 1. The van der Waals surface area contributed by atoms with Crippen LogP contribution in [0.5, 0.6) is 0 Å². The summed E-state index contributed by atoms with van der Waals surface area (Å²) in [5, 5.41) is 14.5. The van der Waals surface area contributed by atoms with Crippen molar-refractivity contribution >= 4 is 23.6 Å². The molecule has 0 aliphatic carbocycles. The summed E-state index contributed by atoms with van der Waals surface area (Å²) in [4.78, 5) is 27.8. The Kier molecular flexibility index (Phi) is 7.34.